The second kappa shape index (κ2) is 9.96. The molecular weight excluding hydrogens is 366 g/mol. The SMILES string of the molecule is CCCCc1cc(NC(=O)C(NC(=O)Cc2cc(F)cc(F)c2)C(C)C)n[nH]1. The van der Waals surface area contributed by atoms with E-state index in [-0.39, 0.29) is 17.9 Å². The highest BCUT2D eigenvalue weighted by molar-refractivity contribution is 5.97. The first-order chi connectivity index (χ1) is 13.3. The molecule has 0 aliphatic rings. The van der Waals surface area contributed by atoms with Crippen LogP contribution in [0.3, 0.4) is 0 Å². The van der Waals surface area contributed by atoms with Crippen LogP contribution in [0.4, 0.5) is 14.6 Å². The number of aromatic amines is 1. The van der Waals surface area contributed by atoms with Crippen LogP contribution in [0.1, 0.15) is 44.9 Å². The fraction of sp³-hybridized carbons (Fsp3) is 0.450. The monoisotopic (exact) mass is 392 g/mol. The number of hydrogen-bond donors (Lipinski definition) is 3. The van der Waals surface area contributed by atoms with Crippen LogP contribution >= 0.6 is 0 Å². The lowest BCUT2D eigenvalue weighted by molar-refractivity contribution is -0.127. The maximum Gasteiger partial charge on any atom is 0.248 e. The highest BCUT2D eigenvalue weighted by Crippen LogP contribution is 2.12. The molecule has 0 saturated heterocycles. The van der Waals surface area contributed by atoms with E-state index in [2.05, 4.69) is 27.8 Å². The lowest BCUT2D eigenvalue weighted by Crippen LogP contribution is -2.47. The number of aryl methyl sites for hydroxylation is 1. The Bertz CT molecular complexity index is 800. The Balaban J connectivity index is 1.98. The molecule has 152 valence electrons. The average Bonchev–Trinajstić information content (AvgIpc) is 3.03. The molecule has 1 heterocycles. The molecule has 2 amide bonds. The molecule has 1 unspecified atom stereocenters. The van der Waals surface area contributed by atoms with Crippen molar-refractivity contribution in [3.8, 4) is 0 Å². The van der Waals surface area contributed by atoms with Crippen molar-refractivity contribution in [3.05, 3.63) is 47.2 Å². The fourth-order valence-electron chi connectivity index (χ4n) is 2.78. The summed E-state index contributed by atoms with van der Waals surface area (Å²) in [7, 11) is 0. The van der Waals surface area contributed by atoms with Gasteiger partial charge in [0, 0.05) is 17.8 Å². The van der Waals surface area contributed by atoms with E-state index in [0.717, 1.165) is 43.2 Å². The molecule has 1 aromatic heterocycles. The molecule has 0 aliphatic heterocycles. The molecule has 0 fully saturated rings. The molecule has 1 atom stereocenters. The predicted molar refractivity (Wildman–Crippen MR) is 103 cm³/mol. The molecule has 1 aromatic carbocycles. The first-order valence-corrected chi connectivity index (χ1v) is 9.38. The predicted octanol–water partition coefficient (Wildman–Crippen LogP) is 3.35. The van der Waals surface area contributed by atoms with Crippen molar-refractivity contribution in [2.24, 2.45) is 5.92 Å². The number of aromatic nitrogens is 2. The first kappa shape index (κ1) is 21.5. The van der Waals surface area contributed by atoms with Crippen LogP contribution in [0.2, 0.25) is 0 Å². The number of unbranched alkanes of at least 4 members (excludes halogenated alkanes) is 1. The number of H-pyrrole nitrogens is 1. The van der Waals surface area contributed by atoms with E-state index >= 15 is 0 Å². The molecule has 2 rings (SSSR count). The summed E-state index contributed by atoms with van der Waals surface area (Å²) in [6, 6.07) is 3.89. The lowest BCUT2D eigenvalue weighted by atomic mass is 10.0. The number of halogens is 2. The summed E-state index contributed by atoms with van der Waals surface area (Å²) in [4.78, 5) is 24.8. The van der Waals surface area contributed by atoms with Gasteiger partial charge in [-0.25, -0.2) is 8.78 Å². The number of rotatable bonds is 9. The van der Waals surface area contributed by atoms with E-state index in [1.807, 2.05) is 0 Å². The number of hydrogen-bond acceptors (Lipinski definition) is 3. The van der Waals surface area contributed by atoms with Crippen LogP contribution in [0.5, 0.6) is 0 Å². The van der Waals surface area contributed by atoms with Gasteiger partial charge in [-0.1, -0.05) is 27.2 Å². The van der Waals surface area contributed by atoms with Gasteiger partial charge in [0.05, 0.1) is 6.42 Å². The summed E-state index contributed by atoms with van der Waals surface area (Å²) >= 11 is 0. The number of nitrogens with one attached hydrogen (secondary N) is 3. The smallest absolute Gasteiger partial charge is 0.248 e. The fourth-order valence-corrected chi connectivity index (χ4v) is 2.78. The van der Waals surface area contributed by atoms with Crippen LogP contribution in [0, 0.1) is 17.6 Å². The summed E-state index contributed by atoms with van der Waals surface area (Å²) in [5.74, 6) is -2.20. The molecule has 6 nitrogen and oxygen atoms in total. The van der Waals surface area contributed by atoms with Crippen LogP contribution in [-0.2, 0) is 22.4 Å². The van der Waals surface area contributed by atoms with Gasteiger partial charge in [-0.3, -0.25) is 14.7 Å². The van der Waals surface area contributed by atoms with E-state index in [4.69, 9.17) is 0 Å². The molecule has 0 bridgehead atoms. The van der Waals surface area contributed by atoms with Crippen molar-refractivity contribution in [2.45, 2.75) is 52.5 Å². The normalized spacial score (nSPS) is 12.1. The molecule has 0 aliphatic carbocycles. The minimum atomic E-state index is -0.804. The van der Waals surface area contributed by atoms with E-state index in [9.17, 15) is 18.4 Å². The number of amides is 2. The van der Waals surface area contributed by atoms with E-state index in [1.54, 1.807) is 19.9 Å². The summed E-state index contributed by atoms with van der Waals surface area (Å²) in [6.07, 6.45) is 2.68. The zero-order valence-corrected chi connectivity index (χ0v) is 16.3. The highest BCUT2D eigenvalue weighted by Gasteiger charge is 2.25. The number of carbonyl (C=O) groups excluding carboxylic acids is 2. The Kier molecular flexibility index (Phi) is 7.66. The largest absolute Gasteiger partial charge is 0.344 e. The van der Waals surface area contributed by atoms with Gasteiger partial charge in [0.1, 0.15) is 17.7 Å². The van der Waals surface area contributed by atoms with Gasteiger partial charge >= 0.3 is 0 Å². The Hall–Kier alpha value is -2.77. The van der Waals surface area contributed by atoms with Crippen molar-refractivity contribution >= 4 is 17.6 Å². The third-order valence-corrected chi connectivity index (χ3v) is 4.23. The minimum Gasteiger partial charge on any atom is -0.344 e. The second-order valence-electron chi connectivity index (χ2n) is 7.11. The van der Waals surface area contributed by atoms with Crippen LogP contribution < -0.4 is 10.6 Å². The summed E-state index contributed by atoms with van der Waals surface area (Å²) in [5, 5.41) is 12.3. The standard InChI is InChI=1S/C20H26F2N4O2/c1-4-5-6-16-11-17(26-25-16)23-20(28)19(12(2)3)24-18(27)9-13-7-14(21)10-15(22)8-13/h7-8,10-12,19H,4-6,9H2,1-3H3,(H,24,27)(H2,23,25,26,28). The average molecular weight is 392 g/mol. The number of nitrogens with zero attached hydrogens (tertiary/aromatic N) is 1. The van der Waals surface area contributed by atoms with Crippen molar-refractivity contribution < 1.29 is 18.4 Å². The van der Waals surface area contributed by atoms with Gasteiger partial charge < -0.3 is 10.6 Å². The lowest BCUT2D eigenvalue weighted by Gasteiger charge is -2.21. The Morgan fingerprint density at radius 2 is 1.82 bits per heavy atom. The molecule has 0 spiro atoms. The van der Waals surface area contributed by atoms with Crippen molar-refractivity contribution in [2.75, 3.05) is 5.32 Å². The molecule has 28 heavy (non-hydrogen) atoms. The molecule has 0 radical (unpaired) electrons. The highest BCUT2D eigenvalue weighted by atomic mass is 19.1. The quantitative estimate of drug-likeness (QED) is 0.612. The number of anilines is 1. The zero-order valence-electron chi connectivity index (χ0n) is 16.3. The number of carbonyl (C=O) groups is 2. The Labute approximate surface area is 163 Å². The molecule has 3 N–H and O–H groups in total. The topological polar surface area (TPSA) is 86.9 Å². The van der Waals surface area contributed by atoms with Gasteiger partial charge in [-0.05, 0) is 36.5 Å². The van der Waals surface area contributed by atoms with Crippen molar-refractivity contribution in [1.29, 1.82) is 0 Å². The van der Waals surface area contributed by atoms with Gasteiger partial charge in [0.2, 0.25) is 11.8 Å². The minimum absolute atomic E-state index is 0.188. The molecule has 0 saturated carbocycles. The first-order valence-electron chi connectivity index (χ1n) is 9.38. The van der Waals surface area contributed by atoms with Crippen LogP contribution in [0.25, 0.3) is 0 Å². The van der Waals surface area contributed by atoms with Gasteiger partial charge in [0.25, 0.3) is 0 Å². The summed E-state index contributed by atoms with van der Waals surface area (Å²) in [6.45, 7) is 5.68. The Morgan fingerprint density at radius 1 is 1.14 bits per heavy atom. The Morgan fingerprint density at radius 3 is 2.43 bits per heavy atom. The van der Waals surface area contributed by atoms with Gasteiger partial charge in [0.15, 0.2) is 5.82 Å². The zero-order chi connectivity index (χ0) is 20.7. The maximum absolute atomic E-state index is 13.3. The van der Waals surface area contributed by atoms with Gasteiger partial charge in [-0.15, -0.1) is 0 Å². The van der Waals surface area contributed by atoms with E-state index < -0.39 is 29.5 Å². The van der Waals surface area contributed by atoms with E-state index in [0.29, 0.717) is 5.82 Å². The molecule has 8 heteroatoms. The summed E-state index contributed by atoms with van der Waals surface area (Å²) in [5.41, 5.74) is 1.13. The second-order valence-corrected chi connectivity index (χ2v) is 7.11. The van der Waals surface area contributed by atoms with E-state index in [1.165, 1.54) is 0 Å². The van der Waals surface area contributed by atoms with Crippen LogP contribution in [-0.4, -0.2) is 28.1 Å². The van der Waals surface area contributed by atoms with Gasteiger partial charge in [-0.2, -0.15) is 5.10 Å². The molecule has 2 aromatic rings. The van der Waals surface area contributed by atoms with Crippen molar-refractivity contribution in [1.82, 2.24) is 15.5 Å². The van der Waals surface area contributed by atoms with Crippen molar-refractivity contribution in [3.63, 3.8) is 0 Å². The van der Waals surface area contributed by atoms with Crippen LogP contribution in [0.15, 0.2) is 24.3 Å². The third kappa shape index (κ3) is 6.44. The number of benzene rings is 1. The maximum atomic E-state index is 13.3. The molecular formula is C20H26F2N4O2. The third-order valence-electron chi connectivity index (χ3n) is 4.23. The summed E-state index contributed by atoms with van der Waals surface area (Å²) < 4.78 is 26.5.